The van der Waals surface area contributed by atoms with Crippen molar-refractivity contribution in [3.63, 3.8) is 0 Å². The highest BCUT2D eigenvalue weighted by Crippen LogP contribution is 1.90. The normalized spacial score (nSPS) is 9.42. The van der Waals surface area contributed by atoms with Gasteiger partial charge in [-0.3, -0.25) is 9.97 Å². The average molecular weight is 183 g/mol. The first kappa shape index (κ1) is 9.02. The Morgan fingerprint density at radius 2 is 2.42 bits per heavy atom. The van der Waals surface area contributed by atoms with Crippen LogP contribution in [0.4, 0.5) is 0 Å². The minimum Gasteiger partial charge on any atom is -0.395 e. The van der Waals surface area contributed by atoms with Crippen LogP contribution in [0.25, 0.3) is 0 Å². The molecule has 1 rings (SSSR count). The number of aromatic nitrogens is 2. The van der Waals surface area contributed by atoms with Crippen LogP contribution in [0.5, 0.6) is 0 Å². The summed E-state index contributed by atoms with van der Waals surface area (Å²) >= 11 is 4.96. The molecule has 2 N–H and O–H groups in total. The van der Waals surface area contributed by atoms with Gasteiger partial charge in [-0.2, -0.15) is 0 Å². The van der Waals surface area contributed by atoms with Gasteiger partial charge in [0.15, 0.2) is 0 Å². The molecular formula is C7H9N3OS. The molecule has 0 aliphatic carbocycles. The maximum atomic E-state index is 8.50. The van der Waals surface area contributed by atoms with Crippen molar-refractivity contribution in [2.45, 2.75) is 0 Å². The van der Waals surface area contributed by atoms with E-state index >= 15 is 0 Å². The predicted octanol–water partition coefficient (Wildman–Crippen LogP) is -0.266. The quantitative estimate of drug-likeness (QED) is 0.632. The van der Waals surface area contributed by atoms with Crippen molar-refractivity contribution in [1.29, 1.82) is 0 Å². The zero-order valence-corrected chi connectivity index (χ0v) is 7.21. The summed E-state index contributed by atoms with van der Waals surface area (Å²) in [7, 11) is 0. The fourth-order valence-electron chi connectivity index (χ4n) is 0.676. The molecule has 0 spiro atoms. The number of hydrogen-bond acceptors (Lipinski definition) is 4. The molecule has 1 heterocycles. The fraction of sp³-hybridized carbons (Fsp3) is 0.286. The Labute approximate surface area is 75.7 Å². The number of nitrogens with zero attached hydrogens (tertiary/aromatic N) is 2. The number of aliphatic hydroxyl groups excluding tert-OH is 1. The Balaban J connectivity index is 2.54. The highest BCUT2D eigenvalue weighted by Gasteiger charge is 1.99. The minimum absolute atomic E-state index is 0.0560. The minimum atomic E-state index is 0.0560. The average Bonchev–Trinajstić information content (AvgIpc) is 2.15. The van der Waals surface area contributed by atoms with E-state index in [0.717, 1.165) is 0 Å². The van der Waals surface area contributed by atoms with Gasteiger partial charge in [0.1, 0.15) is 10.7 Å². The van der Waals surface area contributed by atoms with Crippen molar-refractivity contribution in [2.24, 2.45) is 0 Å². The molecular weight excluding hydrogens is 174 g/mol. The molecule has 0 aliphatic heterocycles. The molecule has 0 amide bonds. The second-order valence-electron chi connectivity index (χ2n) is 2.07. The molecule has 4 nitrogen and oxygen atoms in total. The van der Waals surface area contributed by atoms with Crippen molar-refractivity contribution < 1.29 is 5.11 Å². The van der Waals surface area contributed by atoms with Gasteiger partial charge >= 0.3 is 0 Å². The summed E-state index contributed by atoms with van der Waals surface area (Å²) in [6.07, 6.45) is 4.73. The molecule has 12 heavy (non-hydrogen) atoms. The van der Waals surface area contributed by atoms with E-state index in [-0.39, 0.29) is 6.61 Å². The number of aliphatic hydroxyl groups is 1. The maximum Gasteiger partial charge on any atom is 0.126 e. The summed E-state index contributed by atoms with van der Waals surface area (Å²) < 4.78 is 0. The van der Waals surface area contributed by atoms with Crippen LogP contribution in [-0.4, -0.2) is 33.2 Å². The first-order chi connectivity index (χ1) is 5.84. The molecule has 1 aromatic heterocycles. The topological polar surface area (TPSA) is 58.0 Å². The summed E-state index contributed by atoms with van der Waals surface area (Å²) in [6, 6.07) is 0. The summed E-state index contributed by atoms with van der Waals surface area (Å²) in [5.74, 6) is 0. The van der Waals surface area contributed by atoms with Crippen LogP contribution in [0.1, 0.15) is 5.69 Å². The van der Waals surface area contributed by atoms with Crippen LogP contribution in [0.3, 0.4) is 0 Å². The largest absolute Gasteiger partial charge is 0.395 e. The number of rotatable bonds is 3. The van der Waals surface area contributed by atoms with E-state index in [2.05, 4.69) is 15.3 Å². The van der Waals surface area contributed by atoms with Gasteiger partial charge in [-0.25, -0.2) is 0 Å². The van der Waals surface area contributed by atoms with Crippen molar-refractivity contribution in [1.82, 2.24) is 15.3 Å². The molecule has 64 valence electrons. The Kier molecular flexibility index (Phi) is 3.56. The second-order valence-corrected chi connectivity index (χ2v) is 2.48. The van der Waals surface area contributed by atoms with Crippen LogP contribution in [0.2, 0.25) is 0 Å². The first-order valence-electron chi connectivity index (χ1n) is 3.49. The third kappa shape index (κ3) is 2.52. The van der Waals surface area contributed by atoms with Gasteiger partial charge in [0.05, 0.1) is 12.8 Å². The fourth-order valence-corrected chi connectivity index (χ4v) is 0.884. The lowest BCUT2D eigenvalue weighted by atomic mass is 10.4. The molecule has 0 bridgehead atoms. The molecule has 0 fully saturated rings. The van der Waals surface area contributed by atoms with Crippen molar-refractivity contribution >= 4 is 17.2 Å². The Morgan fingerprint density at radius 1 is 1.58 bits per heavy atom. The molecule has 0 radical (unpaired) electrons. The molecule has 5 heteroatoms. The van der Waals surface area contributed by atoms with Crippen LogP contribution in [0, 0.1) is 0 Å². The SMILES string of the molecule is OCCNC(=S)c1cnccn1. The van der Waals surface area contributed by atoms with Crippen LogP contribution in [0.15, 0.2) is 18.6 Å². The lowest BCUT2D eigenvalue weighted by Crippen LogP contribution is -2.26. The van der Waals surface area contributed by atoms with Crippen molar-refractivity contribution in [3.8, 4) is 0 Å². The van der Waals surface area contributed by atoms with Gasteiger partial charge in [-0.1, -0.05) is 12.2 Å². The number of nitrogens with one attached hydrogen (secondary N) is 1. The van der Waals surface area contributed by atoms with Crippen LogP contribution < -0.4 is 5.32 Å². The van der Waals surface area contributed by atoms with Gasteiger partial charge in [0.25, 0.3) is 0 Å². The lowest BCUT2D eigenvalue weighted by Gasteiger charge is -2.03. The van der Waals surface area contributed by atoms with E-state index in [1.165, 1.54) is 0 Å². The predicted molar refractivity (Wildman–Crippen MR) is 48.8 cm³/mol. The van der Waals surface area contributed by atoms with Gasteiger partial charge in [-0.15, -0.1) is 0 Å². The highest BCUT2D eigenvalue weighted by molar-refractivity contribution is 7.80. The van der Waals surface area contributed by atoms with Gasteiger partial charge in [-0.05, 0) is 0 Å². The zero-order chi connectivity index (χ0) is 8.81. The molecule has 0 unspecified atom stereocenters. The highest BCUT2D eigenvalue weighted by atomic mass is 32.1. The summed E-state index contributed by atoms with van der Waals surface area (Å²) in [5.41, 5.74) is 0.626. The molecule has 1 aromatic rings. The Bertz CT molecular complexity index is 252. The van der Waals surface area contributed by atoms with E-state index in [0.29, 0.717) is 17.2 Å². The molecule has 0 saturated heterocycles. The molecule has 0 aromatic carbocycles. The van der Waals surface area contributed by atoms with Gasteiger partial charge in [0, 0.05) is 18.9 Å². The monoisotopic (exact) mass is 183 g/mol. The van der Waals surface area contributed by atoms with E-state index in [9.17, 15) is 0 Å². The summed E-state index contributed by atoms with van der Waals surface area (Å²) in [4.78, 5) is 8.36. The number of thiocarbonyl (C=S) groups is 1. The zero-order valence-electron chi connectivity index (χ0n) is 6.40. The van der Waals surface area contributed by atoms with E-state index in [1.807, 2.05) is 0 Å². The third-order valence-corrected chi connectivity index (χ3v) is 1.55. The Hall–Kier alpha value is -1.07. The first-order valence-corrected chi connectivity index (χ1v) is 3.90. The van der Waals surface area contributed by atoms with E-state index in [1.54, 1.807) is 18.6 Å². The van der Waals surface area contributed by atoms with Crippen LogP contribution >= 0.6 is 12.2 Å². The second kappa shape index (κ2) is 4.74. The standard InChI is InChI=1S/C7H9N3OS/c11-4-3-10-7(12)6-5-8-1-2-9-6/h1-2,5,11H,3-4H2,(H,10,12). The third-order valence-electron chi connectivity index (χ3n) is 1.19. The smallest absolute Gasteiger partial charge is 0.126 e. The molecule has 0 saturated carbocycles. The molecule has 0 atom stereocenters. The maximum absolute atomic E-state index is 8.50. The molecule has 0 aliphatic rings. The van der Waals surface area contributed by atoms with Crippen molar-refractivity contribution in [3.05, 3.63) is 24.3 Å². The lowest BCUT2D eigenvalue weighted by molar-refractivity contribution is 0.301. The summed E-state index contributed by atoms with van der Waals surface area (Å²) in [5, 5.41) is 11.3. The van der Waals surface area contributed by atoms with Gasteiger partial charge in [0.2, 0.25) is 0 Å². The van der Waals surface area contributed by atoms with Crippen molar-refractivity contribution in [2.75, 3.05) is 13.2 Å². The number of hydrogen-bond donors (Lipinski definition) is 2. The van der Waals surface area contributed by atoms with Gasteiger partial charge < -0.3 is 10.4 Å². The van der Waals surface area contributed by atoms with E-state index in [4.69, 9.17) is 17.3 Å². The summed E-state index contributed by atoms with van der Waals surface area (Å²) in [6.45, 7) is 0.496. The van der Waals surface area contributed by atoms with E-state index < -0.39 is 0 Å². The van der Waals surface area contributed by atoms with Crippen LogP contribution in [-0.2, 0) is 0 Å². The Morgan fingerprint density at radius 3 is 3.00 bits per heavy atom.